The quantitative estimate of drug-likeness (QED) is 0.755. The summed E-state index contributed by atoms with van der Waals surface area (Å²) in [5.41, 5.74) is 8.71. The molecule has 2 aromatic heterocycles. The van der Waals surface area contributed by atoms with E-state index in [1.165, 1.54) is 18.4 Å². The van der Waals surface area contributed by atoms with Gasteiger partial charge in [-0.2, -0.15) is 4.98 Å². The van der Waals surface area contributed by atoms with E-state index in [9.17, 15) is 0 Å². The van der Waals surface area contributed by atoms with Gasteiger partial charge in [-0.15, -0.1) is 0 Å². The highest BCUT2D eigenvalue weighted by Gasteiger charge is 2.25. The third-order valence-electron chi connectivity index (χ3n) is 3.75. The number of nitrogen functional groups attached to an aromatic ring is 1. The highest BCUT2D eigenvalue weighted by molar-refractivity contribution is 5.86. The predicted octanol–water partition coefficient (Wildman–Crippen LogP) is 0.868. The van der Waals surface area contributed by atoms with Crippen molar-refractivity contribution in [2.24, 2.45) is 0 Å². The second-order valence-corrected chi connectivity index (χ2v) is 5.34. The molecule has 6 heteroatoms. The average molecular weight is 256 g/mol. The number of pyridine rings is 1. The third kappa shape index (κ3) is 1.98. The molecule has 2 aromatic rings. The molecule has 1 aliphatic heterocycles. The summed E-state index contributed by atoms with van der Waals surface area (Å²) in [6.07, 6.45) is 4.46. The van der Waals surface area contributed by atoms with E-state index in [2.05, 4.69) is 31.7 Å². The number of rotatable bonds is 3. The molecule has 98 valence electrons. The minimum atomic E-state index is 0.303. The normalized spacial score (nSPS) is 19.4. The molecule has 19 heavy (non-hydrogen) atoms. The maximum absolute atomic E-state index is 5.80. The molecule has 0 aromatic carbocycles. The van der Waals surface area contributed by atoms with Crippen LogP contribution < -0.4 is 16.4 Å². The van der Waals surface area contributed by atoms with E-state index in [1.807, 2.05) is 6.20 Å². The van der Waals surface area contributed by atoms with Gasteiger partial charge in [-0.1, -0.05) is 0 Å². The van der Waals surface area contributed by atoms with Gasteiger partial charge in [-0.05, 0) is 30.4 Å². The van der Waals surface area contributed by atoms with Gasteiger partial charge in [0.2, 0.25) is 5.95 Å². The monoisotopic (exact) mass is 256 g/mol. The number of nitrogens with zero attached hydrogens (tertiary/aromatic N) is 3. The van der Waals surface area contributed by atoms with Crippen LogP contribution in [0.1, 0.15) is 24.3 Å². The topological polar surface area (TPSA) is 88.8 Å². The molecule has 2 aliphatic rings. The Bertz CT molecular complexity index is 632. The lowest BCUT2D eigenvalue weighted by molar-refractivity contribution is 0.471. The second kappa shape index (κ2) is 4.03. The Hall–Kier alpha value is -1.95. The molecular formula is C13H16N6. The first-order valence-corrected chi connectivity index (χ1v) is 6.70. The Balaban J connectivity index is 1.77. The molecule has 0 spiro atoms. The zero-order valence-corrected chi connectivity index (χ0v) is 10.6. The zero-order valence-electron chi connectivity index (χ0n) is 10.6. The lowest BCUT2D eigenvalue weighted by atomic mass is 10.1. The van der Waals surface area contributed by atoms with Gasteiger partial charge in [0.1, 0.15) is 5.52 Å². The molecule has 4 N–H and O–H groups in total. The second-order valence-electron chi connectivity index (χ2n) is 5.34. The van der Waals surface area contributed by atoms with Crippen molar-refractivity contribution in [2.45, 2.75) is 24.8 Å². The van der Waals surface area contributed by atoms with Crippen LogP contribution in [0.15, 0.2) is 12.3 Å². The van der Waals surface area contributed by atoms with Crippen LogP contribution in [0.3, 0.4) is 0 Å². The lowest BCUT2D eigenvalue weighted by Gasteiger charge is -2.28. The minimum Gasteiger partial charge on any atom is -0.368 e. The van der Waals surface area contributed by atoms with Crippen LogP contribution in [0.2, 0.25) is 0 Å². The Labute approximate surface area is 110 Å². The molecule has 3 heterocycles. The maximum Gasteiger partial charge on any atom is 0.222 e. The van der Waals surface area contributed by atoms with E-state index in [4.69, 9.17) is 5.73 Å². The number of nitrogens with two attached hydrogens (primary N) is 1. The summed E-state index contributed by atoms with van der Waals surface area (Å²) in [4.78, 5) is 13.1. The summed E-state index contributed by atoms with van der Waals surface area (Å²) in [6, 6.07) is 2.50. The highest BCUT2D eigenvalue weighted by atomic mass is 15.2. The van der Waals surface area contributed by atoms with Gasteiger partial charge >= 0.3 is 0 Å². The van der Waals surface area contributed by atoms with Crippen LogP contribution in [-0.4, -0.2) is 34.1 Å². The molecule has 0 bridgehead atoms. The minimum absolute atomic E-state index is 0.303. The summed E-state index contributed by atoms with van der Waals surface area (Å²) in [6.45, 7) is 1.90. The van der Waals surface area contributed by atoms with Gasteiger partial charge < -0.3 is 16.4 Å². The molecule has 0 unspecified atom stereocenters. The largest absolute Gasteiger partial charge is 0.368 e. The van der Waals surface area contributed by atoms with Crippen molar-refractivity contribution in [1.82, 2.24) is 20.3 Å². The summed E-state index contributed by atoms with van der Waals surface area (Å²) >= 11 is 0. The van der Waals surface area contributed by atoms with Gasteiger partial charge in [0.05, 0.1) is 11.6 Å². The molecular weight excluding hydrogens is 240 g/mol. The predicted molar refractivity (Wildman–Crippen MR) is 74.0 cm³/mol. The van der Waals surface area contributed by atoms with Crippen LogP contribution in [0.5, 0.6) is 0 Å². The number of nitrogens with one attached hydrogen (secondary N) is 2. The first-order valence-electron chi connectivity index (χ1n) is 6.70. The Morgan fingerprint density at radius 1 is 1.26 bits per heavy atom. The molecule has 0 atom stereocenters. The van der Waals surface area contributed by atoms with E-state index < -0.39 is 0 Å². The van der Waals surface area contributed by atoms with E-state index >= 15 is 0 Å². The van der Waals surface area contributed by atoms with Crippen LogP contribution >= 0.6 is 0 Å². The SMILES string of the molecule is Nc1nc(NC2CNC2)c2ncc(C3CC3)cc2n1. The van der Waals surface area contributed by atoms with Crippen molar-refractivity contribution in [3.8, 4) is 0 Å². The van der Waals surface area contributed by atoms with Crippen LogP contribution in [0, 0.1) is 0 Å². The molecule has 2 fully saturated rings. The fourth-order valence-electron chi connectivity index (χ4n) is 2.38. The summed E-state index contributed by atoms with van der Waals surface area (Å²) in [7, 11) is 0. The van der Waals surface area contributed by atoms with Gasteiger partial charge in [0, 0.05) is 19.3 Å². The van der Waals surface area contributed by atoms with E-state index in [0.717, 1.165) is 29.9 Å². The number of hydrogen-bond donors (Lipinski definition) is 3. The van der Waals surface area contributed by atoms with E-state index in [-0.39, 0.29) is 0 Å². The molecule has 4 rings (SSSR count). The standard InChI is InChI=1S/C13H16N6/c14-13-18-10-3-8(7-1-2-7)4-16-11(10)12(19-13)17-9-5-15-6-9/h3-4,7,9,15H,1-2,5-6H2,(H3,14,17,18,19). The molecule has 6 nitrogen and oxygen atoms in total. The van der Waals surface area contributed by atoms with Crippen molar-refractivity contribution in [3.05, 3.63) is 17.8 Å². The van der Waals surface area contributed by atoms with Crippen molar-refractivity contribution in [3.63, 3.8) is 0 Å². The lowest BCUT2D eigenvalue weighted by Crippen LogP contribution is -2.51. The third-order valence-corrected chi connectivity index (χ3v) is 3.75. The molecule has 1 saturated heterocycles. The van der Waals surface area contributed by atoms with E-state index in [1.54, 1.807) is 0 Å². The Kier molecular flexibility index (Phi) is 2.32. The fraction of sp³-hybridized carbons (Fsp3) is 0.462. The maximum atomic E-state index is 5.80. The number of anilines is 2. The molecule has 1 aliphatic carbocycles. The summed E-state index contributed by atoms with van der Waals surface area (Å²) in [5, 5.41) is 6.59. The van der Waals surface area contributed by atoms with Gasteiger partial charge in [-0.3, -0.25) is 4.98 Å². The smallest absolute Gasteiger partial charge is 0.222 e. The van der Waals surface area contributed by atoms with Crippen LogP contribution in [0.4, 0.5) is 11.8 Å². The molecule has 1 saturated carbocycles. The van der Waals surface area contributed by atoms with Gasteiger partial charge in [0.25, 0.3) is 0 Å². The zero-order chi connectivity index (χ0) is 12.8. The first-order chi connectivity index (χ1) is 9.29. The number of fused-ring (bicyclic) bond motifs is 1. The Morgan fingerprint density at radius 2 is 2.11 bits per heavy atom. The van der Waals surface area contributed by atoms with Crippen molar-refractivity contribution < 1.29 is 0 Å². The summed E-state index contributed by atoms with van der Waals surface area (Å²) in [5.74, 6) is 1.72. The highest BCUT2D eigenvalue weighted by Crippen LogP contribution is 2.40. The Morgan fingerprint density at radius 3 is 2.79 bits per heavy atom. The van der Waals surface area contributed by atoms with Crippen molar-refractivity contribution >= 4 is 22.8 Å². The van der Waals surface area contributed by atoms with Crippen LogP contribution in [0.25, 0.3) is 11.0 Å². The molecule has 0 amide bonds. The number of aromatic nitrogens is 3. The fourth-order valence-corrected chi connectivity index (χ4v) is 2.38. The van der Waals surface area contributed by atoms with E-state index in [0.29, 0.717) is 17.9 Å². The van der Waals surface area contributed by atoms with Crippen LogP contribution in [-0.2, 0) is 0 Å². The summed E-state index contributed by atoms with van der Waals surface area (Å²) < 4.78 is 0. The molecule has 0 radical (unpaired) electrons. The first kappa shape index (κ1) is 10.9. The number of hydrogen-bond acceptors (Lipinski definition) is 6. The van der Waals surface area contributed by atoms with Gasteiger partial charge in [-0.25, -0.2) is 4.98 Å². The van der Waals surface area contributed by atoms with Gasteiger partial charge in [0.15, 0.2) is 5.82 Å². The average Bonchev–Trinajstić information content (AvgIpc) is 3.16. The van der Waals surface area contributed by atoms with Crippen molar-refractivity contribution in [1.29, 1.82) is 0 Å². The van der Waals surface area contributed by atoms with Crippen molar-refractivity contribution in [2.75, 3.05) is 24.1 Å².